The summed E-state index contributed by atoms with van der Waals surface area (Å²) in [7, 11) is 1.62. The number of carbonyl (C=O) groups excluding carboxylic acids is 1. The zero-order valence-corrected chi connectivity index (χ0v) is 10.6. The van der Waals surface area contributed by atoms with E-state index in [4.69, 9.17) is 4.74 Å². The molecule has 0 aliphatic heterocycles. The highest BCUT2D eigenvalue weighted by Crippen LogP contribution is 2.21. The quantitative estimate of drug-likeness (QED) is 0.776. The summed E-state index contributed by atoms with van der Waals surface area (Å²) in [6, 6.07) is 9.39. The number of hydrogen-bond acceptors (Lipinski definition) is 4. The third kappa shape index (κ3) is 2.53. The Bertz CT molecular complexity index is 577. The van der Waals surface area contributed by atoms with Crippen molar-refractivity contribution in [2.24, 2.45) is 0 Å². The third-order valence-corrected chi connectivity index (χ3v) is 2.55. The molecule has 2 rings (SSSR count). The molecule has 1 aromatic carbocycles. The van der Waals surface area contributed by atoms with Gasteiger partial charge in [0.15, 0.2) is 11.6 Å². The molecule has 0 saturated heterocycles. The first-order valence-corrected chi connectivity index (χ1v) is 5.61. The third-order valence-electron chi connectivity index (χ3n) is 2.55. The van der Waals surface area contributed by atoms with Gasteiger partial charge in [-0.2, -0.15) is 0 Å². The molecule has 4 heteroatoms. The van der Waals surface area contributed by atoms with Crippen LogP contribution in [0, 0.1) is 6.92 Å². The average molecular weight is 242 g/mol. The summed E-state index contributed by atoms with van der Waals surface area (Å²) < 4.78 is 5.10. The zero-order chi connectivity index (χ0) is 13.1. The van der Waals surface area contributed by atoms with Crippen LogP contribution in [-0.4, -0.2) is 22.9 Å². The first kappa shape index (κ1) is 12.2. The number of Topliss-reactive ketones (excluding diaryl/α,β-unsaturated/α-hetero) is 1. The molecule has 18 heavy (non-hydrogen) atoms. The van der Waals surface area contributed by atoms with Gasteiger partial charge in [-0.1, -0.05) is 0 Å². The van der Waals surface area contributed by atoms with Crippen molar-refractivity contribution in [1.29, 1.82) is 0 Å². The highest BCUT2D eigenvalue weighted by Gasteiger charge is 2.08. The number of nitrogens with zero attached hydrogens (tertiary/aromatic N) is 2. The van der Waals surface area contributed by atoms with Crippen LogP contribution in [0.15, 0.2) is 30.3 Å². The van der Waals surface area contributed by atoms with Crippen molar-refractivity contribution >= 4 is 5.78 Å². The van der Waals surface area contributed by atoms with Crippen LogP contribution in [0.3, 0.4) is 0 Å². The summed E-state index contributed by atoms with van der Waals surface area (Å²) in [6.07, 6.45) is 0. The van der Waals surface area contributed by atoms with Gasteiger partial charge in [0.1, 0.15) is 5.75 Å². The van der Waals surface area contributed by atoms with Gasteiger partial charge < -0.3 is 4.74 Å². The van der Waals surface area contributed by atoms with Gasteiger partial charge in [-0.3, -0.25) is 4.79 Å². The minimum atomic E-state index is -0.131. The highest BCUT2D eigenvalue weighted by molar-refractivity contribution is 5.90. The molecule has 92 valence electrons. The fraction of sp³-hybridized carbons (Fsp3) is 0.214. The van der Waals surface area contributed by atoms with E-state index >= 15 is 0 Å². The normalized spacial score (nSPS) is 10.2. The van der Waals surface area contributed by atoms with E-state index in [0.717, 1.165) is 22.7 Å². The van der Waals surface area contributed by atoms with Gasteiger partial charge in [0.2, 0.25) is 0 Å². The Labute approximate surface area is 106 Å². The van der Waals surface area contributed by atoms with Crippen LogP contribution in [0.1, 0.15) is 23.2 Å². The molecule has 0 aliphatic carbocycles. The number of hydrogen-bond donors (Lipinski definition) is 0. The van der Waals surface area contributed by atoms with Crippen LogP contribution in [0.25, 0.3) is 11.3 Å². The van der Waals surface area contributed by atoms with E-state index in [1.807, 2.05) is 37.3 Å². The lowest BCUT2D eigenvalue weighted by atomic mass is 10.1. The van der Waals surface area contributed by atoms with Gasteiger partial charge in [-0.05, 0) is 37.3 Å². The SMILES string of the molecule is COc1ccc(-c2cc(C)nc(C(C)=O)n2)cc1. The maximum Gasteiger partial charge on any atom is 0.196 e. The number of carbonyl (C=O) groups is 1. The van der Waals surface area contributed by atoms with E-state index in [0.29, 0.717) is 0 Å². The zero-order valence-electron chi connectivity index (χ0n) is 10.6. The molecule has 1 heterocycles. The Morgan fingerprint density at radius 2 is 1.83 bits per heavy atom. The van der Waals surface area contributed by atoms with Crippen LogP contribution in [0.4, 0.5) is 0 Å². The van der Waals surface area contributed by atoms with Gasteiger partial charge in [-0.15, -0.1) is 0 Å². The Hall–Kier alpha value is -2.23. The second kappa shape index (κ2) is 4.96. The number of ketones is 1. The summed E-state index contributed by atoms with van der Waals surface area (Å²) in [5, 5.41) is 0. The van der Waals surface area contributed by atoms with E-state index in [-0.39, 0.29) is 11.6 Å². The average Bonchev–Trinajstić information content (AvgIpc) is 2.38. The fourth-order valence-electron chi connectivity index (χ4n) is 1.64. The van der Waals surface area contributed by atoms with Crippen molar-refractivity contribution in [2.75, 3.05) is 7.11 Å². The monoisotopic (exact) mass is 242 g/mol. The van der Waals surface area contributed by atoms with E-state index < -0.39 is 0 Å². The van der Waals surface area contributed by atoms with E-state index in [1.54, 1.807) is 7.11 Å². The number of benzene rings is 1. The lowest BCUT2D eigenvalue weighted by Gasteiger charge is -2.05. The number of aromatic nitrogens is 2. The Balaban J connectivity index is 2.46. The summed E-state index contributed by atoms with van der Waals surface area (Å²) in [6.45, 7) is 3.31. The number of rotatable bonds is 3. The van der Waals surface area contributed by atoms with Gasteiger partial charge in [0.05, 0.1) is 12.8 Å². The second-order valence-electron chi connectivity index (χ2n) is 4.00. The molecule has 0 spiro atoms. The number of methoxy groups -OCH3 is 1. The molecule has 0 atom stereocenters. The smallest absolute Gasteiger partial charge is 0.196 e. The van der Waals surface area contributed by atoms with Crippen molar-refractivity contribution in [3.05, 3.63) is 41.9 Å². The minimum Gasteiger partial charge on any atom is -0.497 e. The second-order valence-corrected chi connectivity index (χ2v) is 4.00. The molecular weight excluding hydrogens is 228 g/mol. The van der Waals surface area contributed by atoms with Gasteiger partial charge in [-0.25, -0.2) is 9.97 Å². The summed E-state index contributed by atoms with van der Waals surface area (Å²) in [5.41, 5.74) is 2.46. The predicted molar refractivity (Wildman–Crippen MR) is 68.8 cm³/mol. The van der Waals surface area contributed by atoms with E-state index in [1.165, 1.54) is 6.92 Å². The standard InChI is InChI=1S/C14H14N2O2/c1-9-8-13(16-14(15-9)10(2)17)11-4-6-12(18-3)7-5-11/h4-8H,1-3H3. The maximum atomic E-state index is 11.3. The van der Waals surface area contributed by atoms with Crippen LogP contribution in [-0.2, 0) is 0 Å². The molecule has 2 aromatic rings. The van der Waals surface area contributed by atoms with Crippen molar-refractivity contribution in [3.63, 3.8) is 0 Å². The molecule has 1 aromatic heterocycles. The maximum absolute atomic E-state index is 11.3. The lowest BCUT2D eigenvalue weighted by molar-refractivity contribution is 0.100. The molecule has 0 bridgehead atoms. The number of aryl methyl sites for hydroxylation is 1. The van der Waals surface area contributed by atoms with Crippen LogP contribution < -0.4 is 4.74 Å². The Kier molecular flexibility index (Phi) is 3.37. The van der Waals surface area contributed by atoms with Crippen molar-refractivity contribution in [2.45, 2.75) is 13.8 Å². The molecule has 4 nitrogen and oxygen atoms in total. The first-order valence-electron chi connectivity index (χ1n) is 5.61. The molecule has 0 aliphatic rings. The fourth-order valence-corrected chi connectivity index (χ4v) is 1.64. The Morgan fingerprint density at radius 1 is 1.17 bits per heavy atom. The van der Waals surface area contributed by atoms with Crippen molar-refractivity contribution in [1.82, 2.24) is 9.97 Å². The minimum absolute atomic E-state index is 0.131. The lowest BCUT2D eigenvalue weighted by Crippen LogP contribution is -2.03. The molecule has 0 fully saturated rings. The van der Waals surface area contributed by atoms with E-state index in [9.17, 15) is 4.79 Å². The van der Waals surface area contributed by atoms with Crippen LogP contribution >= 0.6 is 0 Å². The molecule has 0 radical (unpaired) electrons. The molecule has 0 saturated carbocycles. The van der Waals surface area contributed by atoms with Gasteiger partial charge in [0, 0.05) is 18.2 Å². The highest BCUT2D eigenvalue weighted by atomic mass is 16.5. The van der Waals surface area contributed by atoms with Gasteiger partial charge >= 0.3 is 0 Å². The van der Waals surface area contributed by atoms with Crippen molar-refractivity contribution in [3.8, 4) is 17.0 Å². The Morgan fingerprint density at radius 3 is 2.39 bits per heavy atom. The largest absolute Gasteiger partial charge is 0.497 e. The molecule has 0 N–H and O–H groups in total. The molecule has 0 amide bonds. The summed E-state index contributed by atoms with van der Waals surface area (Å²) >= 11 is 0. The molecular formula is C14H14N2O2. The molecule has 0 unspecified atom stereocenters. The summed E-state index contributed by atoms with van der Waals surface area (Å²) in [5.74, 6) is 0.908. The predicted octanol–water partition coefficient (Wildman–Crippen LogP) is 2.66. The van der Waals surface area contributed by atoms with E-state index in [2.05, 4.69) is 9.97 Å². The number of ether oxygens (including phenoxy) is 1. The summed E-state index contributed by atoms with van der Waals surface area (Å²) in [4.78, 5) is 19.7. The van der Waals surface area contributed by atoms with Crippen LogP contribution in [0.2, 0.25) is 0 Å². The van der Waals surface area contributed by atoms with Gasteiger partial charge in [0.25, 0.3) is 0 Å². The van der Waals surface area contributed by atoms with Crippen molar-refractivity contribution < 1.29 is 9.53 Å². The topological polar surface area (TPSA) is 52.1 Å². The van der Waals surface area contributed by atoms with Crippen LogP contribution in [0.5, 0.6) is 5.75 Å². The first-order chi connectivity index (χ1) is 8.60.